The summed E-state index contributed by atoms with van der Waals surface area (Å²) in [5, 5.41) is 9.57. The van der Waals surface area contributed by atoms with E-state index >= 15 is 0 Å². The van der Waals surface area contributed by atoms with Crippen molar-refractivity contribution >= 4 is 21.6 Å². The second kappa shape index (κ2) is 5.77. The zero-order valence-corrected chi connectivity index (χ0v) is 12.2. The first-order valence-corrected chi connectivity index (χ1v) is 7.07. The summed E-state index contributed by atoms with van der Waals surface area (Å²) in [7, 11) is 0. The molecule has 1 aliphatic rings. The molecule has 1 aliphatic carbocycles. The average molecular weight is 308 g/mol. The molecule has 0 radical (unpaired) electrons. The van der Waals surface area contributed by atoms with E-state index in [1.807, 2.05) is 18.2 Å². The number of anilines is 1. The summed E-state index contributed by atoms with van der Waals surface area (Å²) in [6.45, 7) is 3.42. The fourth-order valence-corrected chi connectivity index (χ4v) is 2.66. The molecule has 0 saturated heterocycles. The smallest absolute Gasteiger partial charge is 0.0792 e. The van der Waals surface area contributed by atoms with Crippen LogP contribution >= 0.6 is 15.9 Å². The Morgan fingerprint density at radius 2 is 2.28 bits per heavy atom. The Balaban J connectivity index is 2.20. The van der Waals surface area contributed by atoms with Gasteiger partial charge in [0, 0.05) is 11.0 Å². The molecule has 1 saturated carbocycles. The summed E-state index contributed by atoms with van der Waals surface area (Å²) < 4.78 is 0.997. The minimum absolute atomic E-state index is 0.445. The van der Waals surface area contributed by atoms with Crippen LogP contribution in [-0.4, -0.2) is 18.2 Å². The third-order valence-electron chi connectivity index (χ3n) is 3.25. The van der Waals surface area contributed by atoms with Gasteiger partial charge >= 0.3 is 0 Å². The number of halogens is 1. The Morgan fingerprint density at radius 3 is 2.78 bits per heavy atom. The van der Waals surface area contributed by atoms with Gasteiger partial charge in [-0.1, -0.05) is 12.0 Å². The number of rotatable bonds is 5. The highest BCUT2D eigenvalue weighted by Gasteiger charge is 2.25. The quantitative estimate of drug-likeness (QED) is 0.843. The third kappa shape index (κ3) is 3.28. The second-order valence-corrected chi connectivity index (χ2v) is 5.77. The third-order valence-corrected chi connectivity index (χ3v) is 3.89. The van der Waals surface area contributed by atoms with E-state index in [1.54, 1.807) is 6.92 Å². The summed E-state index contributed by atoms with van der Waals surface area (Å²) >= 11 is 3.58. The lowest BCUT2D eigenvalue weighted by molar-refractivity contribution is 0.199. The Bertz CT molecular complexity index is 460. The van der Waals surface area contributed by atoms with E-state index < -0.39 is 6.10 Å². The predicted molar refractivity (Wildman–Crippen MR) is 78.5 cm³/mol. The minimum atomic E-state index is -0.445. The maximum Gasteiger partial charge on any atom is 0.0792 e. The van der Waals surface area contributed by atoms with Gasteiger partial charge in [0.15, 0.2) is 0 Å². The maximum absolute atomic E-state index is 9.57. The lowest BCUT2D eigenvalue weighted by atomic mass is 10.1. The highest BCUT2D eigenvalue weighted by atomic mass is 79.9. The van der Waals surface area contributed by atoms with E-state index in [9.17, 15) is 5.11 Å². The molecule has 96 valence electrons. The van der Waals surface area contributed by atoms with Crippen molar-refractivity contribution in [3.05, 3.63) is 28.2 Å². The molecule has 1 atom stereocenters. The van der Waals surface area contributed by atoms with Crippen LogP contribution in [0.15, 0.2) is 22.7 Å². The lowest BCUT2D eigenvalue weighted by Gasteiger charge is -2.24. The molecule has 0 aromatic heterocycles. The van der Waals surface area contributed by atoms with Gasteiger partial charge in [0.2, 0.25) is 0 Å². The van der Waals surface area contributed by atoms with Crippen LogP contribution in [0, 0.1) is 18.3 Å². The molecule has 2 nitrogen and oxygen atoms in total. The van der Waals surface area contributed by atoms with E-state index in [-0.39, 0.29) is 0 Å². The highest BCUT2D eigenvalue weighted by molar-refractivity contribution is 9.10. The van der Waals surface area contributed by atoms with Crippen LogP contribution < -0.4 is 4.90 Å². The number of benzene rings is 1. The van der Waals surface area contributed by atoms with Gasteiger partial charge in [0.1, 0.15) is 0 Å². The van der Waals surface area contributed by atoms with E-state index in [0.717, 1.165) is 28.2 Å². The Hall–Kier alpha value is -0.980. The highest BCUT2D eigenvalue weighted by Crippen LogP contribution is 2.34. The topological polar surface area (TPSA) is 23.5 Å². The van der Waals surface area contributed by atoms with Gasteiger partial charge in [-0.25, -0.2) is 0 Å². The first-order chi connectivity index (χ1) is 8.61. The molecule has 0 aliphatic heterocycles. The lowest BCUT2D eigenvalue weighted by Crippen LogP contribution is -2.26. The van der Waals surface area contributed by atoms with Crippen molar-refractivity contribution in [2.45, 2.75) is 25.9 Å². The average Bonchev–Trinajstić information content (AvgIpc) is 3.12. The van der Waals surface area contributed by atoms with Gasteiger partial charge in [-0.2, -0.15) is 0 Å². The fraction of sp³-hybridized carbons (Fsp3) is 0.467. The van der Waals surface area contributed by atoms with Gasteiger partial charge in [0.25, 0.3) is 0 Å². The standard InChI is InChI=1S/C15H18BrNO/c1-3-8-17(10-12-4-5-12)15-7-6-13(11(2)18)9-14(15)16/h1,6-7,9,11-12,18H,4-5,8,10H2,2H3. The zero-order chi connectivity index (χ0) is 13.1. The van der Waals surface area contributed by atoms with Crippen LogP contribution in [0.3, 0.4) is 0 Å². The number of nitrogens with zero attached hydrogens (tertiary/aromatic N) is 1. The molecule has 0 amide bonds. The monoisotopic (exact) mass is 307 g/mol. The van der Waals surface area contributed by atoms with Crippen molar-refractivity contribution in [3.63, 3.8) is 0 Å². The maximum atomic E-state index is 9.57. The molecule has 1 aromatic rings. The number of aliphatic hydroxyl groups is 1. The summed E-state index contributed by atoms with van der Waals surface area (Å²) in [4.78, 5) is 2.23. The summed E-state index contributed by atoms with van der Waals surface area (Å²) in [5.74, 6) is 3.51. The van der Waals surface area contributed by atoms with Crippen molar-refractivity contribution in [1.82, 2.24) is 0 Å². The molecule has 0 spiro atoms. The molecule has 2 rings (SSSR count). The zero-order valence-electron chi connectivity index (χ0n) is 10.6. The number of aliphatic hydroxyl groups excluding tert-OH is 1. The summed E-state index contributed by atoms with van der Waals surface area (Å²) in [6.07, 6.45) is 7.62. The first kappa shape index (κ1) is 13.5. The van der Waals surface area contributed by atoms with E-state index in [2.05, 4.69) is 26.8 Å². The summed E-state index contributed by atoms with van der Waals surface area (Å²) in [5.41, 5.74) is 2.03. The van der Waals surface area contributed by atoms with E-state index in [1.165, 1.54) is 12.8 Å². The van der Waals surface area contributed by atoms with Crippen LogP contribution in [0.2, 0.25) is 0 Å². The molecule has 1 aromatic carbocycles. The molecule has 18 heavy (non-hydrogen) atoms. The van der Waals surface area contributed by atoms with Gasteiger partial charge in [-0.15, -0.1) is 6.42 Å². The molecule has 0 heterocycles. The normalized spacial score (nSPS) is 16.1. The van der Waals surface area contributed by atoms with Crippen LogP contribution in [0.25, 0.3) is 0 Å². The summed E-state index contributed by atoms with van der Waals surface area (Å²) in [6, 6.07) is 5.96. The first-order valence-electron chi connectivity index (χ1n) is 6.27. The van der Waals surface area contributed by atoms with E-state index in [0.29, 0.717) is 6.54 Å². The molecule has 0 bridgehead atoms. The molecular formula is C15H18BrNO. The number of terminal acetylenes is 1. The van der Waals surface area contributed by atoms with Crippen LogP contribution in [0.5, 0.6) is 0 Å². The Kier molecular flexibility index (Phi) is 4.31. The second-order valence-electron chi connectivity index (χ2n) is 4.91. The van der Waals surface area contributed by atoms with Gasteiger partial charge < -0.3 is 10.0 Å². The van der Waals surface area contributed by atoms with E-state index in [4.69, 9.17) is 6.42 Å². The number of hydrogen-bond acceptors (Lipinski definition) is 2. The minimum Gasteiger partial charge on any atom is -0.389 e. The van der Waals surface area contributed by atoms with Crippen molar-refractivity contribution in [2.75, 3.05) is 18.0 Å². The molecule has 3 heteroatoms. The predicted octanol–water partition coefficient (Wildman–Crippen LogP) is 3.35. The van der Waals surface area contributed by atoms with Crippen LogP contribution in [0.4, 0.5) is 5.69 Å². The Morgan fingerprint density at radius 1 is 1.56 bits per heavy atom. The van der Waals surface area contributed by atoms with Crippen molar-refractivity contribution < 1.29 is 5.11 Å². The van der Waals surface area contributed by atoms with Crippen LogP contribution in [0.1, 0.15) is 31.4 Å². The molecule has 1 unspecified atom stereocenters. The van der Waals surface area contributed by atoms with Crippen molar-refractivity contribution in [1.29, 1.82) is 0 Å². The van der Waals surface area contributed by atoms with Gasteiger partial charge in [0.05, 0.1) is 18.3 Å². The van der Waals surface area contributed by atoms with Crippen molar-refractivity contribution in [2.24, 2.45) is 5.92 Å². The molecule has 1 fully saturated rings. The number of hydrogen-bond donors (Lipinski definition) is 1. The van der Waals surface area contributed by atoms with Crippen molar-refractivity contribution in [3.8, 4) is 12.3 Å². The SMILES string of the molecule is C#CCN(CC1CC1)c1ccc(C(C)O)cc1Br. The molecule has 1 N–H and O–H groups in total. The van der Waals surface area contributed by atoms with Crippen LogP contribution in [-0.2, 0) is 0 Å². The Labute approximate surface area is 117 Å². The van der Waals surface area contributed by atoms with Gasteiger partial charge in [-0.3, -0.25) is 0 Å². The largest absolute Gasteiger partial charge is 0.389 e. The van der Waals surface area contributed by atoms with Gasteiger partial charge in [-0.05, 0) is 59.3 Å². The molecular weight excluding hydrogens is 290 g/mol. The fourth-order valence-electron chi connectivity index (χ4n) is 2.01.